The standard InChI is InChI=1S/C92H171O25P/c1-6-10-14-18-22-25-28-31-33-36-38-41-44-51-57-63-75(94)108-68-72(111-77(96)65-59-53-45-42-39-35-30-27-24-20-16-12-8-3)69-110-118(106,107)117-90-88(115-91-85(104)81(100)79(98)73(67-93)112-91)84(103)83(102)87(114-78(97)66-60-54-46-43-40-37-34-32-29-26-23-19-15-11-7-2)89(90)116-92-86(105)82(101)80(99)74(113-92)70-109-76(95)64-58-52-48-47-50-56-62-71(5)61-55-49-21-17-13-9-4/h35,39,71-74,79-93,98-105H,6-34,36-38,40-70H2,1-5H3,(H,106,107)/b39-35-. The predicted octanol–water partition coefficient (Wildman–Crippen LogP) is 17.8. The minimum absolute atomic E-state index is 0.0156. The largest absolute Gasteiger partial charge is 0.472 e. The van der Waals surface area contributed by atoms with E-state index in [1.165, 1.54) is 193 Å². The van der Waals surface area contributed by atoms with E-state index >= 15 is 0 Å². The number of phosphoric acid groups is 1. The summed E-state index contributed by atoms with van der Waals surface area (Å²) in [6.45, 7) is 7.93. The molecular weight excluding hydrogens is 1540 g/mol. The van der Waals surface area contributed by atoms with Gasteiger partial charge < -0.3 is 88.7 Å². The van der Waals surface area contributed by atoms with Crippen molar-refractivity contribution in [3.8, 4) is 0 Å². The van der Waals surface area contributed by atoms with Gasteiger partial charge in [-0.15, -0.1) is 0 Å². The number of unbranched alkanes of at least 4 members (excludes halogenated alkanes) is 47. The summed E-state index contributed by atoms with van der Waals surface area (Å²) < 4.78 is 73.5. The van der Waals surface area contributed by atoms with Crippen LogP contribution >= 0.6 is 7.82 Å². The zero-order valence-electron chi connectivity index (χ0n) is 74.1. The van der Waals surface area contributed by atoms with Crippen LogP contribution in [0.15, 0.2) is 12.2 Å². The average Bonchev–Trinajstić information content (AvgIpc) is 0.754. The van der Waals surface area contributed by atoms with Gasteiger partial charge in [-0.25, -0.2) is 4.57 Å². The molecule has 3 aliphatic rings. The monoisotopic (exact) mass is 1710 g/mol. The predicted molar refractivity (Wildman–Crippen MR) is 458 cm³/mol. The zero-order chi connectivity index (χ0) is 86.2. The van der Waals surface area contributed by atoms with Crippen LogP contribution in [-0.2, 0) is 70.7 Å². The molecule has 19 atom stereocenters. The number of aliphatic hydroxyl groups excluding tert-OH is 9. The zero-order valence-corrected chi connectivity index (χ0v) is 75.0. The first-order valence-corrected chi connectivity index (χ1v) is 49.3. The van der Waals surface area contributed by atoms with E-state index < -0.39 is 162 Å². The fourth-order valence-electron chi connectivity index (χ4n) is 16.0. The number of esters is 4. The van der Waals surface area contributed by atoms with Crippen LogP contribution in [0, 0.1) is 5.92 Å². The van der Waals surface area contributed by atoms with Crippen molar-refractivity contribution < 1.29 is 122 Å². The summed E-state index contributed by atoms with van der Waals surface area (Å²) in [5, 5.41) is 102. The molecule has 2 heterocycles. The molecule has 26 heteroatoms. The van der Waals surface area contributed by atoms with Crippen molar-refractivity contribution in [1.29, 1.82) is 0 Å². The van der Waals surface area contributed by atoms with Gasteiger partial charge in [-0.1, -0.05) is 349 Å². The summed E-state index contributed by atoms with van der Waals surface area (Å²) in [5.74, 6) is -2.29. The van der Waals surface area contributed by atoms with E-state index in [9.17, 15) is 74.6 Å². The van der Waals surface area contributed by atoms with Gasteiger partial charge in [-0.05, 0) is 57.3 Å². The van der Waals surface area contributed by atoms with E-state index in [0.29, 0.717) is 44.4 Å². The lowest BCUT2D eigenvalue weighted by atomic mass is 9.84. The number of allylic oxidation sites excluding steroid dienone is 2. The van der Waals surface area contributed by atoms with Crippen LogP contribution in [0.3, 0.4) is 0 Å². The Balaban J connectivity index is 1.92. The van der Waals surface area contributed by atoms with Crippen LogP contribution in [0.25, 0.3) is 0 Å². The number of hydrogen-bond donors (Lipinski definition) is 10. The van der Waals surface area contributed by atoms with Crippen molar-refractivity contribution in [2.45, 2.75) is 518 Å². The molecule has 25 nitrogen and oxygen atoms in total. The molecular formula is C92H171O25P. The highest BCUT2D eigenvalue weighted by molar-refractivity contribution is 7.47. The summed E-state index contributed by atoms with van der Waals surface area (Å²) in [6, 6.07) is 0. The molecule has 3 rings (SSSR count). The van der Waals surface area contributed by atoms with Crippen LogP contribution in [0.4, 0.5) is 0 Å². The van der Waals surface area contributed by atoms with Crippen molar-refractivity contribution in [3.05, 3.63) is 12.2 Å². The third kappa shape index (κ3) is 50.4. The lowest BCUT2D eigenvalue weighted by Gasteiger charge is -2.50. The Morgan fingerprint density at radius 2 is 0.686 bits per heavy atom. The quantitative estimate of drug-likeness (QED) is 0.00889. The second kappa shape index (κ2) is 70.4. The van der Waals surface area contributed by atoms with Crippen molar-refractivity contribution in [2.24, 2.45) is 5.92 Å². The molecule has 0 bridgehead atoms. The molecule has 0 amide bonds. The number of ether oxygens (including phenoxy) is 8. The molecule has 0 spiro atoms. The van der Waals surface area contributed by atoms with Gasteiger partial charge in [-0.2, -0.15) is 0 Å². The Bertz CT molecular complexity index is 2520. The molecule has 3 fully saturated rings. The van der Waals surface area contributed by atoms with Gasteiger partial charge in [-0.3, -0.25) is 28.2 Å². The number of phosphoric ester groups is 1. The van der Waals surface area contributed by atoms with Crippen LogP contribution in [0.5, 0.6) is 0 Å². The molecule has 0 aromatic rings. The Labute approximate surface area is 712 Å². The SMILES string of the molecule is CCCCCCCC/C=C\CCCCCC(=O)OC(COC(=O)CCCCCCCCCCCCCCCCC)COP(=O)(O)OC1C(OC2OC(CO)C(O)C(O)C2O)C(O)C(O)C(OC(=O)CCCCCCCCCCCCCCCCC)C1OC1OC(COC(=O)CCCCCCCCC(C)CCCCCCCC)C(O)C(O)C1O. The van der Waals surface area contributed by atoms with Crippen LogP contribution in [0.1, 0.15) is 413 Å². The first-order valence-electron chi connectivity index (χ1n) is 47.8. The van der Waals surface area contributed by atoms with E-state index in [1.54, 1.807) is 0 Å². The van der Waals surface area contributed by atoms with Crippen molar-refractivity contribution in [1.82, 2.24) is 0 Å². The fraction of sp³-hybridized carbons (Fsp3) is 0.935. The molecule has 118 heavy (non-hydrogen) atoms. The van der Waals surface area contributed by atoms with Gasteiger partial charge in [0.05, 0.1) is 13.2 Å². The summed E-state index contributed by atoms with van der Waals surface area (Å²) in [6.07, 6.45) is 27.8. The molecule has 10 N–H and O–H groups in total. The smallest absolute Gasteiger partial charge is 0.463 e. The highest BCUT2D eigenvalue weighted by atomic mass is 31.2. The highest BCUT2D eigenvalue weighted by Gasteiger charge is 2.60. The lowest BCUT2D eigenvalue weighted by molar-refractivity contribution is -0.360. The van der Waals surface area contributed by atoms with Gasteiger partial charge >= 0.3 is 31.7 Å². The second-order valence-electron chi connectivity index (χ2n) is 34.5. The average molecular weight is 1710 g/mol. The Morgan fingerprint density at radius 3 is 1.10 bits per heavy atom. The minimum atomic E-state index is -5.81. The molecule has 0 aromatic heterocycles. The van der Waals surface area contributed by atoms with Gasteiger partial charge in [0.15, 0.2) is 24.8 Å². The highest BCUT2D eigenvalue weighted by Crippen LogP contribution is 2.49. The molecule has 1 aliphatic carbocycles. The summed E-state index contributed by atoms with van der Waals surface area (Å²) in [5.41, 5.74) is 0. The first kappa shape index (κ1) is 109. The van der Waals surface area contributed by atoms with Crippen molar-refractivity contribution in [3.63, 3.8) is 0 Å². The van der Waals surface area contributed by atoms with E-state index in [1.807, 2.05) is 0 Å². The minimum Gasteiger partial charge on any atom is -0.463 e. The number of carbonyl (C=O) groups excluding carboxylic acids is 4. The van der Waals surface area contributed by atoms with Gasteiger partial charge in [0.1, 0.15) is 92.6 Å². The number of aliphatic hydroxyl groups is 9. The van der Waals surface area contributed by atoms with E-state index in [0.717, 1.165) is 122 Å². The number of carbonyl (C=O) groups is 4. The Kier molecular flexibility index (Phi) is 65.2. The van der Waals surface area contributed by atoms with Crippen molar-refractivity contribution in [2.75, 3.05) is 26.4 Å². The Morgan fingerprint density at radius 1 is 0.356 bits per heavy atom. The van der Waals surface area contributed by atoms with Crippen LogP contribution in [-0.4, -0.2) is 205 Å². The molecule has 19 unspecified atom stereocenters. The van der Waals surface area contributed by atoms with E-state index in [2.05, 4.69) is 46.8 Å². The van der Waals surface area contributed by atoms with Gasteiger partial charge in [0, 0.05) is 25.7 Å². The maximum atomic E-state index is 14.9. The summed E-state index contributed by atoms with van der Waals surface area (Å²) >= 11 is 0. The van der Waals surface area contributed by atoms with Gasteiger partial charge in [0.25, 0.3) is 0 Å². The maximum Gasteiger partial charge on any atom is 0.472 e. The van der Waals surface area contributed by atoms with Crippen LogP contribution < -0.4 is 0 Å². The first-order chi connectivity index (χ1) is 57.1. The van der Waals surface area contributed by atoms with Crippen molar-refractivity contribution >= 4 is 31.7 Å². The molecule has 1 saturated carbocycles. The topological polar surface area (TPSA) is 380 Å². The number of rotatable bonds is 77. The Hall–Kier alpha value is -2.79. The van der Waals surface area contributed by atoms with E-state index in [4.69, 9.17) is 46.9 Å². The normalized spacial score (nSPS) is 25.2. The molecule has 0 radical (unpaired) electrons. The summed E-state index contributed by atoms with van der Waals surface area (Å²) in [7, 11) is -5.81. The second-order valence-corrected chi connectivity index (χ2v) is 35.9. The maximum absolute atomic E-state index is 14.9. The van der Waals surface area contributed by atoms with Crippen LogP contribution in [0.2, 0.25) is 0 Å². The molecule has 2 saturated heterocycles. The third-order valence-corrected chi connectivity index (χ3v) is 24.7. The third-order valence-electron chi connectivity index (χ3n) is 23.7. The molecule has 2 aliphatic heterocycles. The molecule has 694 valence electrons. The molecule has 0 aromatic carbocycles. The fourth-order valence-corrected chi connectivity index (χ4v) is 16.9. The number of hydrogen-bond acceptors (Lipinski definition) is 24. The van der Waals surface area contributed by atoms with E-state index in [-0.39, 0.29) is 25.7 Å². The summed E-state index contributed by atoms with van der Waals surface area (Å²) in [4.78, 5) is 66.5. The lowest BCUT2D eigenvalue weighted by Crippen LogP contribution is -2.70. The van der Waals surface area contributed by atoms with Gasteiger partial charge in [0.2, 0.25) is 0 Å².